The van der Waals surface area contributed by atoms with E-state index in [9.17, 15) is 19.7 Å². The number of aromatic nitrogens is 2. The van der Waals surface area contributed by atoms with E-state index in [1.807, 2.05) is 6.92 Å². The molecule has 0 aromatic carbocycles. The van der Waals surface area contributed by atoms with Crippen molar-refractivity contribution in [2.45, 2.75) is 27.3 Å². The summed E-state index contributed by atoms with van der Waals surface area (Å²) in [5, 5.41) is 17.3. The van der Waals surface area contributed by atoms with Crippen LogP contribution < -0.4 is 5.32 Å². The van der Waals surface area contributed by atoms with Crippen LogP contribution in [-0.4, -0.2) is 33.2 Å². The highest BCUT2D eigenvalue weighted by Gasteiger charge is 2.22. The molecule has 0 fully saturated rings. The summed E-state index contributed by atoms with van der Waals surface area (Å²) in [7, 11) is 0. The maximum atomic E-state index is 12.1. The van der Waals surface area contributed by atoms with Crippen molar-refractivity contribution in [1.82, 2.24) is 9.78 Å². The standard InChI is InChI=1S/C14H16N4O5S/c1-4-23-14(20)12-8(2)9(3)24-13(12)15-11(19)7-17-6-5-10(16-17)18(21)22/h5-6H,4,7H2,1-3H3,(H,15,19). The van der Waals surface area contributed by atoms with Gasteiger partial charge in [-0.05, 0) is 31.3 Å². The van der Waals surface area contributed by atoms with Crippen molar-refractivity contribution >= 4 is 34.0 Å². The minimum absolute atomic E-state index is 0.202. The van der Waals surface area contributed by atoms with Crippen LogP contribution in [0.25, 0.3) is 0 Å². The summed E-state index contributed by atoms with van der Waals surface area (Å²) in [5.74, 6) is -1.28. The van der Waals surface area contributed by atoms with Crippen LogP contribution in [-0.2, 0) is 16.1 Å². The third-order valence-corrected chi connectivity index (χ3v) is 4.36. The number of nitro groups is 1. The average molecular weight is 352 g/mol. The third-order valence-electron chi connectivity index (χ3n) is 3.24. The lowest BCUT2D eigenvalue weighted by Crippen LogP contribution is -2.20. The fourth-order valence-corrected chi connectivity index (χ4v) is 3.08. The van der Waals surface area contributed by atoms with Gasteiger partial charge < -0.3 is 20.2 Å². The molecule has 0 atom stereocenters. The van der Waals surface area contributed by atoms with Gasteiger partial charge in [-0.25, -0.2) is 4.79 Å². The first-order valence-electron chi connectivity index (χ1n) is 7.08. The normalized spacial score (nSPS) is 10.5. The molecule has 0 aliphatic carbocycles. The summed E-state index contributed by atoms with van der Waals surface area (Å²) in [4.78, 5) is 35.0. The number of anilines is 1. The number of hydrogen-bond donors (Lipinski definition) is 1. The van der Waals surface area contributed by atoms with Gasteiger partial charge in [0.05, 0.1) is 29.5 Å². The maximum Gasteiger partial charge on any atom is 0.389 e. The van der Waals surface area contributed by atoms with Crippen molar-refractivity contribution in [3.05, 3.63) is 38.4 Å². The first-order chi connectivity index (χ1) is 11.3. The molecule has 9 nitrogen and oxygen atoms in total. The van der Waals surface area contributed by atoms with Crippen molar-refractivity contribution < 1.29 is 19.2 Å². The monoisotopic (exact) mass is 352 g/mol. The van der Waals surface area contributed by atoms with Crippen molar-refractivity contribution in [1.29, 1.82) is 0 Å². The molecular weight excluding hydrogens is 336 g/mol. The summed E-state index contributed by atoms with van der Waals surface area (Å²) in [6.07, 6.45) is 1.34. The van der Waals surface area contributed by atoms with Gasteiger partial charge in [0.2, 0.25) is 5.91 Å². The number of hydrogen-bond acceptors (Lipinski definition) is 7. The molecule has 2 heterocycles. The second-order valence-electron chi connectivity index (χ2n) is 4.88. The largest absolute Gasteiger partial charge is 0.462 e. The van der Waals surface area contributed by atoms with E-state index in [1.54, 1.807) is 13.8 Å². The molecule has 0 bridgehead atoms. The summed E-state index contributed by atoms with van der Waals surface area (Å²) >= 11 is 1.27. The molecule has 10 heteroatoms. The number of amides is 1. The predicted molar refractivity (Wildman–Crippen MR) is 87.3 cm³/mol. The highest BCUT2D eigenvalue weighted by Crippen LogP contribution is 2.33. The van der Waals surface area contributed by atoms with E-state index in [-0.39, 0.29) is 19.0 Å². The van der Waals surface area contributed by atoms with Crippen LogP contribution in [0.15, 0.2) is 12.3 Å². The summed E-state index contributed by atoms with van der Waals surface area (Å²) < 4.78 is 6.17. The number of rotatable bonds is 6. The fraction of sp³-hybridized carbons (Fsp3) is 0.357. The van der Waals surface area contributed by atoms with Crippen molar-refractivity contribution in [3.63, 3.8) is 0 Å². The highest BCUT2D eigenvalue weighted by molar-refractivity contribution is 7.16. The van der Waals surface area contributed by atoms with Crippen LogP contribution in [0.5, 0.6) is 0 Å². The Morgan fingerprint density at radius 2 is 2.17 bits per heavy atom. The Labute approximate surface area is 141 Å². The van der Waals surface area contributed by atoms with Crippen molar-refractivity contribution in [2.24, 2.45) is 0 Å². The molecule has 2 aromatic heterocycles. The van der Waals surface area contributed by atoms with Crippen LogP contribution in [0.3, 0.4) is 0 Å². The van der Waals surface area contributed by atoms with E-state index in [0.717, 1.165) is 15.1 Å². The number of thiophene rings is 1. The molecule has 1 amide bonds. The first kappa shape index (κ1) is 17.6. The van der Waals surface area contributed by atoms with E-state index in [0.29, 0.717) is 10.6 Å². The lowest BCUT2D eigenvalue weighted by molar-refractivity contribution is -0.389. The average Bonchev–Trinajstić information content (AvgIpc) is 3.05. The minimum atomic E-state index is -0.640. The molecule has 2 rings (SSSR count). The van der Waals surface area contributed by atoms with E-state index in [1.165, 1.54) is 23.6 Å². The van der Waals surface area contributed by atoms with Gasteiger partial charge in [0.1, 0.15) is 11.5 Å². The van der Waals surface area contributed by atoms with Gasteiger partial charge in [0.25, 0.3) is 0 Å². The number of carbonyl (C=O) groups excluding carboxylic acids is 2. The van der Waals surface area contributed by atoms with Crippen LogP contribution in [0.2, 0.25) is 0 Å². The number of nitrogens with one attached hydrogen (secondary N) is 1. The quantitative estimate of drug-likeness (QED) is 0.484. The molecule has 2 aromatic rings. The molecule has 0 unspecified atom stereocenters. The molecule has 0 spiro atoms. The third kappa shape index (κ3) is 3.77. The number of esters is 1. The van der Waals surface area contributed by atoms with Gasteiger partial charge in [-0.2, -0.15) is 4.68 Å². The van der Waals surface area contributed by atoms with Gasteiger partial charge >= 0.3 is 11.8 Å². The molecule has 1 N–H and O–H groups in total. The Morgan fingerprint density at radius 1 is 1.46 bits per heavy atom. The van der Waals surface area contributed by atoms with E-state index in [2.05, 4.69) is 10.4 Å². The molecular formula is C14H16N4O5S. The van der Waals surface area contributed by atoms with Gasteiger partial charge in [-0.3, -0.25) is 4.79 Å². The van der Waals surface area contributed by atoms with Crippen LogP contribution >= 0.6 is 11.3 Å². The Hall–Kier alpha value is -2.75. The number of ether oxygens (including phenoxy) is 1. The lowest BCUT2D eigenvalue weighted by Gasteiger charge is -2.06. The smallest absolute Gasteiger partial charge is 0.389 e. The SMILES string of the molecule is CCOC(=O)c1c(NC(=O)Cn2ccc([N+](=O)[O-])n2)sc(C)c1C. The molecule has 0 aliphatic rings. The number of nitrogens with zero attached hydrogens (tertiary/aromatic N) is 3. The molecule has 24 heavy (non-hydrogen) atoms. The zero-order valence-corrected chi connectivity index (χ0v) is 14.2. The summed E-state index contributed by atoms with van der Waals surface area (Å²) in [6, 6.07) is 1.21. The van der Waals surface area contributed by atoms with Gasteiger partial charge in [0.15, 0.2) is 0 Å². The minimum Gasteiger partial charge on any atom is -0.462 e. The Morgan fingerprint density at radius 3 is 2.75 bits per heavy atom. The second-order valence-corrected chi connectivity index (χ2v) is 6.11. The zero-order chi connectivity index (χ0) is 17.9. The summed E-state index contributed by atoms with van der Waals surface area (Å²) in [6.45, 7) is 5.36. The summed E-state index contributed by atoms with van der Waals surface area (Å²) in [5.41, 5.74) is 1.09. The topological polar surface area (TPSA) is 116 Å². The Kier molecular flexibility index (Phi) is 5.29. The molecule has 0 saturated heterocycles. The van der Waals surface area contributed by atoms with Crippen molar-refractivity contribution in [3.8, 4) is 0 Å². The fourth-order valence-electron chi connectivity index (χ4n) is 2.01. The van der Waals surface area contributed by atoms with Gasteiger partial charge in [-0.15, -0.1) is 11.3 Å². The van der Waals surface area contributed by atoms with Crippen LogP contribution in [0, 0.1) is 24.0 Å². The van der Waals surface area contributed by atoms with Crippen molar-refractivity contribution in [2.75, 3.05) is 11.9 Å². The van der Waals surface area contributed by atoms with E-state index < -0.39 is 16.8 Å². The van der Waals surface area contributed by atoms with Gasteiger partial charge in [0, 0.05) is 4.88 Å². The Bertz CT molecular complexity index is 795. The van der Waals surface area contributed by atoms with E-state index in [4.69, 9.17) is 4.74 Å². The van der Waals surface area contributed by atoms with Gasteiger partial charge in [-0.1, -0.05) is 0 Å². The highest BCUT2D eigenvalue weighted by atomic mass is 32.1. The van der Waals surface area contributed by atoms with Crippen LogP contribution in [0.1, 0.15) is 27.7 Å². The van der Waals surface area contributed by atoms with Crippen LogP contribution in [0.4, 0.5) is 10.8 Å². The molecule has 0 aliphatic heterocycles. The Balaban J connectivity index is 2.15. The maximum absolute atomic E-state index is 12.1. The van der Waals surface area contributed by atoms with E-state index >= 15 is 0 Å². The lowest BCUT2D eigenvalue weighted by atomic mass is 10.1. The second kappa shape index (κ2) is 7.21. The molecule has 0 saturated carbocycles. The first-order valence-corrected chi connectivity index (χ1v) is 7.90. The molecule has 128 valence electrons. The zero-order valence-electron chi connectivity index (χ0n) is 13.4. The number of aryl methyl sites for hydroxylation is 1. The predicted octanol–water partition coefficient (Wildman–Crippen LogP) is 2.29. The number of carbonyl (C=O) groups is 2. The molecule has 0 radical (unpaired) electrons.